The number of amidine groups is 1. The Morgan fingerprint density at radius 3 is 2.33 bits per heavy atom. The average molecular weight is 522 g/mol. The summed E-state index contributed by atoms with van der Waals surface area (Å²) in [5, 5.41) is 31.0. The van der Waals surface area contributed by atoms with Crippen LogP contribution in [0.4, 0.5) is 15.9 Å². The quantitative estimate of drug-likeness (QED) is 0.0850. The smallest absolute Gasteiger partial charge is 0.274 e. The number of hydrogen-bond acceptors (Lipinski definition) is 9. The van der Waals surface area contributed by atoms with E-state index >= 15 is 0 Å². The summed E-state index contributed by atoms with van der Waals surface area (Å²) < 4.78 is 18.3. The van der Waals surface area contributed by atoms with E-state index in [9.17, 15) is 19.2 Å². The number of hydroxylamine groups is 2. The summed E-state index contributed by atoms with van der Waals surface area (Å²) in [6, 6.07) is 9.69. The fourth-order valence-corrected chi connectivity index (χ4v) is 2.94. The van der Waals surface area contributed by atoms with Crippen LogP contribution < -0.4 is 21.6 Å². The molecule has 0 bridgehead atoms. The number of carbonyl (C=O) groups is 2. The molecule has 2 aromatic carbocycles. The average Bonchev–Trinajstić information content (AvgIpc) is 3.30. The fourth-order valence-electron chi connectivity index (χ4n) is 2.57. The second-order valence-electron chi connectivity index (χ2n) is 6.33. The molecule has 0 saturated heterocycles. The van der Waals surface area contributed by atoms with Crippen molar-refractivity contribution in [1.82, 2.24) is 26.6 Å². The Morgan fingerprint density at radius 1 is 1.00 bits per heavy atom. The Labute approximate surface area is 193 Å². The summed E-state index contributed by atoms with van der Waals surface area (Å²) in [5.74, 6) is -1.49. The number of aromatic nitrogens is 2. The van der Waals surface area contributed by atoms with Gasteiger partial charge in [-0.15, -0.1) is 0 Å². The topological polar surface area (TPSA) is 174 Å². The van der Waals surface area contributed by atoms with Crippen molar-refractivity contribution in [3.63, 3.8) is 0 Å². The Morgan fingerprint density at radius 2 is 1.70 bits per heavy atom. The molecule has 172 valence electrons. The molecule has 0 saturated carbocycles. The van der Waals surface area contributed by atoms with Crippen molar-refractivity contribution < 1.29 is 29.0 Å². The summed E-state index contributed by atoms with van der Waals surface area (Å²) in [7, 11) is 0. The molecule has 0 fully saturated rings. The molecular weight excluding hydrogens is 505 g/mol. The van der Waals surface area contributed by atoms with Crippen LogP contribution in [0.3, 0.4) is 0 Å². The second-order valence-corrected chi connectivity index (χ2v) is 7.19. The van der Waals surface area contributed by atoms with E-state index in [0.717, 1.165) is 0 Å². The van der Waals surface area contributed by atoms with E-state index in [4.69, 9.17) is 9.84 Å². The minimum absolute atomic E-state index is 0.0574. The van der Waals surface area contributed by atoms with Gasteiger partial charge < -0.3 is 10.6 Å². The third-order valence-corrected chi connectivity index (χ3v) is 4.78. The Hall–Kier alpha value is -3.88. The number of rotatable bonds is 8. The Bertz CT molecular complexity index is 1170. The van der Waals surface area contributed by atoms with Crippen molar-refractivity contribution in [2.75, 3.05) is 18.4 Å². The molecule has 0 spiro atoms. The number of aliphatic imine (C=N–C) groups is 1. The first kappa shape index (κ1) is 23.8. The molecule has 1 heterocycles. The lowest BCUT2D eigenvalue weighted by Crippen LogP contribution is -2.29. The summed E-state index contributed by atoms with van der Waals surface area (Å²) in [5.41, 5.74) is 4.30. The van der Waals surface area contributed by atoms with Crippen molar-refractivity contribution in [1.29, 1.82) is 0 Å². The van der Waals surface area contributed by atoms with E-state index < -0.39 is 11.7 Å². The van der Waals surface area contributed by atoms with Gasteiger partial charge in [0.25, 0.3) is 11.8 Å². The number of nitrogens with zero attached hydrogens (tertiary/aromatic N) is 3. The van der Waals surface area contributed by atoms with Crippen molar-refractivity contribution >= 4 is 45.1 Å². The summed E-state index contributed by atoms with van der Waals surface area (Å²) in [6.45, 7) is 0.409. The zero-order chi connectivity index (χ0) is 23.8. The van der Waals surface area contributed by atoms with Gasteiger partial charge in [0.15, 0.2) is 11.5 Å². The molecule has 33 heavy (non-hydrogen) atoms. The molecule has 3 aromatic rings. The van der Waals surface area contributed by atoms with Crippen LogP contribution in [0.5, 0.6) is 0 Å². The zero-order valence-electron chi connectivity index (χ0n) is 16.7. The highest BCUT2D eigenvalue weighted by Gasteiger charge is 2.17. The van der Waals surface area contributed by atoms with E-state index in [0.29, 0.717) is 11.3 Å². The molecule has 0 radical (unpaired) electrons. The van der Waals surface area contributed by atoms with Gasteiger partial charge in [-0.3, -0.25) is 25.5 Å². The Kier molecular flexibility index (Phi) is 8.01. The van der Waals surface area contributed by atoms with Crippen LogP contribution in [-0.4, -0.2) is 51.5 Å². The van der Waals surface area contributed by atoms with Crippen LogP contribution in [0.25, 0.3) is 0 Å². The van der Waals surface area contributed by atoms with Crippen LogP contribution in [0, 0.1) is 5.82 Å². The molecule has 6 N–H and O–H groups in total. The van der Waals surface area contributed by atoms with Crippen LogP contribution >= 0.6 is 15.9 Å². The van der Waals surface area contributed by atoms with Crippen molar-refractivity contribution in [3.8, 4) is 0 Å². The van der Waals surface area contributed by atoms with Crippen molar-refractivity contribution in [3.05, 3.63) is 69.6 Å². The van der Waals surface area contributed by atoms with E-state index in [2.05, 4.69) is 41.9 Å². The van der Waals surface area contributed by atoms with Gasteiger partial charge in [0, 0.05) is 24.2 Å². The first-order valence-electron chi connectivity index (χ1n) is 9.26. The predicted molar refractivity (Wildman–Crippen MR) is 116 cm³/mol. The van der Waals surface area contributed by atoms with Gasteiger partial charge in [0.05, 0.1) is 10.2 Å². The summed E-state index contributed by atoms with van der Waals surface area (Å²) >= 11 is 3.06. The van der Waals surface area contributed by atoms with Gasteiger partial charge >= 0.3 is 0 Å². The molecule has 14 heteroatoms. The van der Waals surface area contributed by atoms with Gasteiger partial charge in [-0.05, 0) is 68.7 Å². The van der Waals surface area contributed by atoms with Crippen LogP contribution in [0.15, 0.2) is 56.6 Å². The molecule has 3 rings (SSSR count). The minimum atomic E-state index is -0.685. The maximum Gasteiger partial charge on any atom is 0.274 e. The Balaban J connectivity index is 1.58. The summed E-state index contributed by atoms with van der Waals surface area (Å²) in [4.78, 5) is 27.7. The number of halogens is 2. The molecule has 0 aliphatic rings. The molecule has 12 nitrogen and oxygen atoms in total. The van der Waals surface area contributed by atoms with Gasteiger partial charge in [-0.2, -0.15) is 0 Å². The molecule has 0 aliphatic carbocycles. The van der Waals surface area contributed by atoms with Crippen LogP contribution in [0.2, 0.25) is 0 Å². The molecule has 1 aromatic heterocycles. The number of carbonyl (C=O) groups excluding carboxylic acids is 2. The van der Waals surface area contributed by atoms with Gasteiger partial charge in [0.2, 0.25) is 5.82 Å². The molecule has 0 unspecified atom stereocenters. The maximum absolute atomic E-state index is 13.4. The van der Waals surface area contributed by atoms with Crippen molar-refractivity contribution in [2.45, 2.75) is 0 Å². The number of hydrogen-bond donors (Lipinski definition) is 6. The number of amides is 2. The van der Waals surface area contributed by atoms with Crippen LogP contribution in [-0.2, 0) is 0 Å². The lowest BCUT2D eigenvalue weighted by molar-refractivity contribution is 0.0706. The van der Waals surface area contributed by atoms with E-state index in [1.165, 1.54) is 47.9 Å². The van der Waals surface area contributed by atoms with Gasteiger partial charge in [0.1, 0.15) is 5.82 Å². The highest BCUT2D eigenvalue weighted by Crippen LogP contribution is 2.23. The number of anilines is 1. The lowest BCUT2D eigenvalue weighted by atomic mass is 10.1. The maximum atomic E-state index is 13.4. The van der Waals surface area contributed by atoms with Crippen molar-refractivity contribution in [2.24, 2.45) is 4.99 Å². The highest BCUT2D eigenvalue weighted by molar-refractivity contribution is 9.10. The third-order valence-electron chi connectivity index (χ3n) is 4.18. The van der Waals surface area contributed by atoms with E-state index in [-0.39, 0.29) is 46.4 Å². The second kappa shape index (κ2) is 11.1. The number of benzene rings is 2. The third kappa shape index (κ3) is 6.09. The monoisotopic (exact) mass is 521 g/mol. The SMILES string of the molecule is O=C(NO)c1ccc(C(=O)NCCNc2nonc2C(=Nc2ccc(F)c(Br)c2)NO)cc1. The summed E-state index contributed by atoms with van der Waals surface area (Å²) in [6.07, 6.45) is 0. The van der Waals surface area contributed by atoms with Gasteiger partial charge in [-0.25, -0.2) is 19.5 Å². The largest absolute Gasteiger partial charge is 0.363 e. The number of nitrogens with one attached hydrogen (secondary N) is 4. The minimum Gasteiger partial charge on any atom is -0.363 e. The normalized spacial score (nSPS) is 11.1. The fraction of sp³-hybridized carbons (Fsp3) is 0.105. The van der Waals surface area contributed by atoms with Crippen LogP contribution in [0.1, 0.15) is 26.4 Å². The van der Waals surface area contributed by atoms with Gasteiger partial charge in [-0.1, -0.05) is 0 Å². The molecular formula is C19H17BrFN7O5. The standard InChI is InChI=1S/C19H17BrFN7O5/c20-13-9-12(5-6-14(13)21)24-17(25-31)15-16(28-33-27-15)22-7-8-23-18(29)10-1-3-11(4-2-10)19(30)26-32/h1-6,9,31-32H,7-8H2,(H,22,28)(H,23,29)(H,24,25)(H,26,30). The predicted octanol–water partition coefficient (Wildman–Crippen LogP) is 1.99. The van der Waals surface area contributed by atoms with E-state index in [1.807, 2.05) is 5.48 Å². The molecule has 0 atom stereocenters. The zero-order valence-corrected chi connectivity index (χ0v) is 18.3. The molecule has 2 amide bonds. The highest BCUT2D eigenvalue weighted by atomic mass is 79.9. The molecule has 0 aliphatic heterocycles. The first-order chi connectivity index (χ1) is 15.9. The van der Waals surface area contributed by atoms with E-state index in [1.54, 1.807) is 0 Å². The lowest BCUT2D eigenvalue weighted by Gasteiger charge is -2.08. The first-order valence-corrected chi connectivity index (χ1v) is 10.1.